The predicted octanol–water partition coefficient (Wildman–Crippen LogP) is 2.47. The van der Waals surface area contributed by atoms with Crippen molar-refractivity contribution >= 4 is 16.3 Å². The molecule has 104 valence electrons. The highest BCUT2D eigenvalue weighted by Crippen LogP contribution is 2.40. The lowest BCUT2D eigenvalue weighted by molar-refractivity contribution is -0.146. The minimum absolute atomic E-state index is 0.100. The molecular weight excluding hydrogens is 293 g/mol. The van der Waals surface area contributed by atoms with E-state index in [9.17, 15) is 13.2 Å². The van der Waals surface area contributed by atoms with Crippen LogP contribution in [0.3, 0.4) is 0 Å². The molecule has 0 bridgehead atoms. The molecule has 0 aliphatic heterocycles. The summed E-state index contributed by atoms with van der Waals surface area (Å²) < 4.78 is 38.8. The van der Waals surface area contributed by atoms with E-state index < -0.39 is 12.0 Å². The third-order valence-electron chi connectivity index (χ3n) is 3.08. The van der Waals surface area contributed by atoms with E-state index in [2.05, 4.69) is 25.5 Å². The van der Waals surface area contributed by atoms with Crippen molar-refractivity contribution in [1.82, 2.24) is 30.0 Å². The zero-order valence-electron chi connectivity index (χ0n) is 9.85. The molecule has 3 heterocycles. The number of nitrogens with zero attached hydrogens (tertiary/aromatic N) is 5. The molecular formula is C10H7F3N6S. The van der Waals surface area contributed by atoms with E-state index >= 15 is 0 Å². The van der Waals surface area contributed by atoms with Crippen LogP contribution in [0.2, 0.25) is 0 Å². The summed E-state index contributed by atoms with van der Waals surface area (Å²) in [5, 5.41) is 17.9. The van der Waals surface area contributed by atoms with E-state index in [0.29, 0.717) is 21.1 Å². The predicted molar refractivity (Wildman–Crippen MR) is 63.2 cm³/mol. The Morgan fingerprint density at radius 1 is 1.30 bits per heavy atom. The van der Waals surface area contributed by atoms with Crippen molar-refractivity contribution in [2.75, 3.05) is 0 Å². The third kappa shape index (κ3) is 1.79. The van der Waals surface area contributed by atoms with Crippen molar-refractivity contribution in [3.8, 4) is 10.7 Å². The van der Waals surface area contributed by atoms with Gasteiger partial charge in [0, 0.05) is 11.6 Å². The monoisotopic (exact) mass is 300 g/mol. The van der Waals surface area contributed by atoms with Crippen molar-refractivity contribution in [2.45, 2.75) is 24.9 Å². The van der Waals surface area contributed by atoms with Crippen molar-refractivity contribution in [2.24, 2.45) is 0 Å². The van der Waals surface area contributed by atoms with Crippen molar-refractivity contribution in [3.63, 3.8) is 0 Å². The third-order valence-corrected chi connectivity index (χ3v) is 4.00. The van der Waals surface area contributed by atoms with Crippen LogP contribution in [0.15, 0.2) is 6.07 Å². The summed E-state index contributed by atoms with van der Waals surface area (Å²) in [6, 6.07) is 1.83. The first-order valence-corrected chi connectivity index (χ1v) is 6.69. The zero-order valence-corrected chi connectivity index (χ0v) is 10.7. The first kappa shape index (κ1) is 11.8. The van der Waals surface area contributed by atoms with Crippen molar-refractivity contribution < 1.29 is 13.2 Å². The molecule has 1 aliphatic carbocycles. The number of hydrogen-bond acceptors (Lipinski definition) is 5. The lowest BCUT2D eigenvalue weighted by atomic mass is 10.3. The first-order chi connectivity index (χ1) is 9.52. The molecule has 0 amide bonds. The summed E-state index contributed by atoms with van der Waals surface area (Å²) in [6.07, 6.45) is -2.34. The molecule has 0 atom stereocenters. The normalized spacial score (nSPS) is 16.1. The van der Waals surface area contributed by atoms with Gasteiger partial charge < -0.3 is 0 Å². The Morgan fingerprint density at radius 2 is 2.10 bits per heavy atom. The number of hydrogen-bond donors (Lipinski definition) is 1. The highest BCUT2D eigenvalue weighted by atomic mass is 32.1. The van der Waals surface area contributed by atoms with Gasteiger partial charge in [0.15, 0.2) is 5.01 Å². The molecule has 3 aromatic rings. The van der Waals surface area contributed by atoms with Crippen LogP contribution in [-0.4, -0.2) is 30.0 Å². The molecule has 3 aromatic heterocycles. The second-order valence-electron chi connectivity index (χ2n) is 4.61. The van der Waals surface area contributed by atoms with Gasteiger partial charge in [-0.15, -0.1) is 10.2 Å². The van der Waals surface area contributed by atoms with Gasteiger partial charge >= 0.3 is 6.18 Å². The molecule has 6 nitrogen and oxygen atoms in total. The summed E-state index contributed by atoms with van der Waals surface area (Å²) >= 11 is 1.03. The van der Waals surface area contributed by atoms with E-state index in [1.165, 1.54) is 0 Å². The molecule has 4 rings (SSSR count). The van der Waals surface area contributed by atoms with Crippen LogP contribution in [0.1, 0.15) is 30.3 Å². The van der Waals surface area contributed by atoms with Crippen LogP contribution in [0.25, 0.3) is 15.7 Å². The maximum Gasteiger partial charge on any atom is 0.453 e. The molecule has 20 heavy (non-hydrogen) atoms. The van der Waals surface area contributed by atoms with Crippen LogP contribution in [0, 0.1) is 0 Å². The molecule has 0 unspecified atom stereocenters. The largest absolute Gasteiger partial charge is 0.453 e. The summed E-state index contributed by atoms with van der Waals surface area (Å²) in [7, 11) is 0. The SMILES string of the molecule is FC(F)(F)c1nnc2sc(-c3cc(C4CC4)[nH]n3)nn12. The maximum atomic E-state index is 12.7. The Morgan fingerprint density at radius 3 is 2.80 bits per heavy atom. The van der Waals surface area contributed by atoms with Gasteiger partial charge in [0.1, 0.15) is 5.69 Å². The van der Waals surface area contributed by atoms with Crippen LogP contribution in [0.4, 0.5) is 13.2 Å². The maximum absolute atomic E-state index is 12.7. The summed E-state index contributed by atoms with van der Waals surface area (Å²) in [5.41, 5.74) is 1.54. The Kier molecular flexibility index (Phi) is 2.23. The summed E-state index contributed by atoms with van der Waals surface area (Å²) in [6.45, 7) is 0. The summed E-state index contributed by atoms with van der Waals surface area (Å²) in [4.78, 5) is 0.100. The average Bonchev–Trinajstić information content (AvgIpc) is 2.82. The number of nitrogens with one attached hydrogen (secondary N) is 1. The van der Waals surface area contributed by atoms with Gasteiger partial charge in [-0.2, -0.15) is 27.9 Å². The first-order valence-electron chi connectivity index (χ1n) is 5.87. The molecule has 0 aromatic carbocycles. The van der Waals surface area contributed by atoms with Crippen molar-refractivity contribution in [3.05, 3.63) is 17.6 Å². The van der Waals surface area contributed by atoms with Crippen LogP contribution < -0.4 is 0 Å². The fraction of sp³-hybridized carbons (Fsp3) is 0.400. The van der Waals surface area contributed by atoms with Crippen LogP contribution >= 0.6 is 11.3 Å². The smallest absolute Gasteiger partial charge is 0.282 e. The highest BCUT2D eigenvalue weighted by molar-refractivity contribution is 7.19. The Balaban J connectivity index is 1.78. The van der Waals surface area contributed by atoms with Gasteiger partial charge in [0.05, 0.1) is 0 Å². The molecule has 1 fully saturated rings. The van der Waals surface area contributed by atoms with Gasteiger partial charge in [-0.25, -0.2) is 0 Å². The van der Waals surface area contributed by atoms with Crippen molar-refractivity contribution in [1.29, 1.82) is 0 Å². The molecule has 1 aliphatic rings. The number of aromatic nitrogens is 6. The second-order valence-corrected chi connectivity index (χ2v) is 5.56. The Bertz CT molecular complexity index is 780. The van der Waals surface area contributed by atoms with Gasteiger partial charge in [-0.3, -0.25) is 5.10 Å². The molecule has 1 saturated carbocycles. The lowest BCUT2D eigenvalue weighted by Crippen LogP contribution is -2.11. The number of H-pyrrole nitrogens is 1. The fourth-order valence-corrected chi connectivity index (χ4v) is 2.75. The minimum atomic E-state index is -4.57. The Labute approximate surface area is 113 Å². The van der Waals surface area contributed by atoms with Crippen LogP contribution in [-0.2, 0) is 6.18 Å². The van der Waals surface area contributed by atoms with Gasteiger partial charge in [0.2, 0.25) is 4.96 Å². The van der Waals surface area contributed by atoms with E-state index in [1.807, 2.05) is 6.07 Å². The second kappa shape index (κ2) is 3.78. The fourth-order valence-electron chi connectivity index (χ4n) is 1.95. The number of rotatable bonds is 2. The van der Waals surface area contributed by atoms with E-state index in [-0.39, 0.29) is 4.96 Å². The number of alkyl halides is 3. The molecule has 10 heteroatoms. The van der Waals surface area contributed by atoms with Crippen LogP contribution in [0.5, 0.6) is 0 Å². The standard InChI is InChI=1S/C10H7F3N6S/c11-10(12,13)8-16-17-9-19(8)18-7(20-9)6-3-5(14-15-6)4-1-2-4/h3-4H,1-2H2,(H,14,15). The lowest BCUT2D eigenvalue weighted by Gasteiger charge is -1.99. The summed E-state index contributed by atoms with van der Waals surface area (Å²) in [5.74, 6) is -0.624. The quantitative estimate of drug-likeness (QED) is 0.789. The van der Waals surface area contributed by atoms with E-state index in [0.717, 1.165) is 29.9 Å². The van der Waals surface area contributed by atoms with E-state index in [1.54, 1.807) is 0 Å². The molecule has 1 N–H and O–H groups in total. The van der Waals surface area contributed by atoms with E-state index in [4.69, 9.17) is 0 Å². The molecule has 0 radical (unpaired) electrons. The van der Waals surface area contributed by atoms with Gasteiger partial charge in [0.25, 0.3) is 5.82 Å². The molecule has 0 spiro atoms. The number of fused-ring (bicyclic) bond motifs is 1. The van der Waals surface area contributed by atoms with Gasteiger partial charge in [-0.05, 0) is 18.9 Å². The minimum Gasteiger partial charge on any atom is -0.282 e. The van der Waals surface area contributed by atoms with Gasteiger partial charge in [-0.1, -0.05) is 11.3 Å². The highest BCUT2D eigenvalue weighted by Gasteiger charge is 2.38. The number of halogens is 3. The average molecular weight is 300 g/mol. The number of aromatic amines is 1. The topological polar surface area (TPSA) is 71.8 Å². The Hall–Kier alpha value is -1.97. The zero-order chi connectivity index (χ0) is 13.9. The molecule has 0 saturated heterocycles.